The van der Waals surface area contributed by atoms with Gasteiger partial charge in [-0.1, -0.05) is 20.3 Å². The number of nitrogens with one attached hydrogen (secondary N) is 1. The van der Waals surface area contributed by atoms with Gasteiger partial charge in [-0.3, -0.25) is 0 Å². The minimum Gasteiger partial charge on any atom is -0.496 e. The molecule has 0 spiro atoms. The molecule has 1 aromatic rings. The lowest BCUT2D eigenvalue weighted by Gasteiger charge is -2.20. The van der Waals surface area contributed by atoms with Gasteiger partial charge in [0, 0.05) is 11.6 Å². The molecule has 0 aliphatic carbocycles. The molecule has 2 atom stereocenters. The van der Waals surface area contributed by atoms with Gasteiger partial charge in [0.05, 0.1) is 18.6 Å². The Morgan fingerprint density at radius 3 is 2.50 bits per heavy atom. The molecular weight excluding hydrogens is 278 g/mol. The van der Waals surface area contributed by atoms with Crippen LogP contribution in [0.15, 0.2) is 23.1 Å². The lowest BCUT2D eigenvalue weighted by Crippen LogP contribution is -2.36. The molecule has 1 rings (SSSR count). The van der Waals surface area contributed by atoms with Crippen LogP contribution in [0.3, 0.4) is 0 Å². The topological polar surface area (TPSA) is 75.6 Å². The van der Waals surface area contributed by atoms with E-state index >= 15 is 0 Å². The van der Waals surface area contributed by atoms with Crippen LogP contribution in [0.1, 0.15) is 32.8 Å². The molecule has 0 amide bonds. The zero-order chi connectivity index (χ0) is 15.3. The first kappa shape index (κ1) is 16.9. The van der Waals surface area contributed by atoms with Crippen molar-refractivity contribution < 1.29 is 18.3 Å². The van der Waals surface area contributed by atoms with Crippen LogP contribution >= 0.6 is 0 Å². The van der Waals surface area contributed by atoms with Gasteiger partial charge in [-0.25, -0.2) is 13.1 Å². The second kappa shape index (κ2) is 7.06. The van der Waals surface area contributed by atoms with E-state index in [1.807, 2.05) is 20.8 Å². The van der Waals surface area contributed by atoms with Gasteiger partial charge in [0.25, 0.3) is 0 Å². The van der Waals surface area contributed by atoms with E-state index in [9.17, 15) is 13.5 Å². The third kappa shape index (κ3) is 3.94. The van der Waals surface area contributed by atoms with Gasteiger partial charge in [-0.05, 0) is 31.0 Å². The Labute approximate surface area is 121 Å². The highest BCUT2D eigenvalue weighted by molar-refractivity contribution is 7.89. The number of ether oxygens (including phenoxy) is 1. The van der Waals surface area contributed by atoms with Crippen molar-refractivity contribution in [3.63, 3.8) is 0 Å². The second-order valence-electron chi connectivity index (χ2n) is 4.93. The third-order valence-electron chi connectivity index (χ3n) is 3.57. The summed E-state index contributed by atoms with van der Waals surface area (Å²) < 4.78 is 32.3. The summed E-state index contributed by atoms with van der Waals surface area (Å²) in [5, 5.41) is 9.25. The van der Waals surface area contributed by atoms with Crippen molar-refractivity contribution in [3.05, 3.63) is 23.8 Å². The van der Waals surface area contributed by atoms with Gasteiger partial charge in [-0.2, -0.15) is 0 Å². The summed E-state index contributed by atoms with van der Waals surface area (Å²) in [5.41, 5.74) is 0.451. The Hall–Kier alpha value is -1.11. The molecule has 0 aromatic heterocycles. The number of sulfonamides is 1. The molecule has 6 heteroatoms. The van der Waals surface area contributed by atoms with Gasteiger partial charge < -0.3 is 9.84 Å². The monoisotopic (exact) mass is 301 g/mol. The number of benzene rings is 1. The lowest BCUT2D eigenvalue weighted by molar-refractivity contribution is 0.273. The first-order valence-corrected chi connectivity index (χ1v) is 8.14. The molecule has 0 fully saturated rings. The van der Waals surface area contributed by atoms with Crippen LogP contribution in [0.25, 0.3) is 0 Å². The summed E-state index contributed by atoms with van der Waals surface area (Å²) in [6, 6.07) is 4.31. The summed E-state index contributed by atoms with van der Waals surface area (Å²) in [5.74, 6) is 0.724. The van der Waals surface area contributed by atoms with Crippen molar-refractivity contribution in [2.45, 2.75) is 44.7 Å². The molecule has 5 nitrogen and oxygen atoms in total. The summed E-state index contributed by atoms with van der Waals surface area (Å²) in [4.78, 5) is 0.137. The minimum absolute atomic E-state index is 0.137. The number of hydrogen-bond acceptors (Lipinski definition) is 4. The number of aliphatic hydroxyl groups is 1. The van der Waals surface area contributed by atoms with Crippen molar-refractivity contribution in [1.29, 1.82) is 0 Å². The van der Waals surface area contributed by atoms with E-state index in [1.54, 1.807) is 6.07 Å². The van der Waals surface area contributed by atoms with Crippen LogP contribution in [0.5, 0.6) is 5.75 Å². The Morgan fingerprint density at radius 1 is 1.35 bits per heavy atom. The first-order chi connectivity index (χ1) is 9.35. The molecule has 0 heterocycles. The molecule has 114 valence electrons. The number of rotatable bonds is 7. The average Bonchev–Trinajstić information content (AvgIpc) is 2.44. The summed E-state index contributed by atoms with van der Waals surface area (Å²) in [7, 11) is -2.11. The van der Waals surface area contributed by atoms with E-state index in [0.717, 1.165) is 6.42 Å². The molecule has 2 unspecified atom stereocenters. The van der Waals surface area contributed by atoms with Crippen LogP contribution in [0.4, 0.5) is 0 Å². The van der Waals surface area contributed by atoms with Crippen molar-refractivity contribution >= 4 is 10.0 Å². The van der Waals surface area contributed by atoms with E-state index in [-0.39, 0.29) is 23.5 Å². The molecule has 1 aromatic carbocycles. The van der Waals surface area contributed by atoms with Gasteiger partial charge in [0.2, 0.25) is 10.0 Å². The first-order valence-electron chi connectivity index (χ1n) is 6.65. The molecule has 0 aliphatic rings. The van der Waals surface area contributed by atoms with Crippen LogP contribution in [-0.4, -0.2) is 26.7 Å². The van der Waals surface area contributed by atoms with E-state index in [1.165, 1.54) is 19.2 Å². The largest absolute Gasteiger partial charge is 0.496 e. The third-order valence-corrected chi connectivity index (χ3v) is 5.13. The fraction of sp³-hybridized carbons (Fsp3) is 0.571. The van der Waals surface area contributed by atoms with Crippen molar-refractivity contribution in [3.8, 4) is 5.75 Å². The Morgan fingerprint density at radius 2 is 2.00 bits per heavy atom. The van der Waals surface area contributed by atoms with E-state index in [4.69, 9.17) is 4.74 Å². The molecule has 20 heavy (non-hydrogen) atoms. The highest BCUT2D eigenvalue weighted by Gasteiger charge is 2.21. The highest BCUT2D eigenvalue weighted by atomic mass is 32.2. The highest BCUT2D eigenvalue weighted by Crippen LogP contribution is 2.23. The summed E-state index contributed by atoms with van der Waals surface area (Å²) >= 11 is 0. The van der Waals surface area contributed by atoms with Crippen LogP contribution in [-0.2, 0) is 16.6 Å². The van der Waals surface area contributed by atoms with Crippen molar-refractivity contribution in [2.75, 3.05) is 7.11 Å². The zero-order valence-electron chi connectivity index (χ0n) is 12.4. The van der Waals surface area contributed by atoms with Gasteiger partial charge in [0.1, 0.15) is 5.75 Å². The maximum Gasteiger partial charge on any atom is 0.240 e. The van der Waals surface area contributed by atoms with Crippen molar-refractivity contribution in [2.24, 2.45) is 5.92 Å². The zero-order valence-corrected chi connectivity index (χ0v) is 13.2. The molecule has 0 saturated heterocycles. The summed E-state index contributed by atoms with van der Waals surface area (Å²) in [6.07, 6.45) is 0.897. The van der Waals surface area contributed by atoms with Crippen molar-refractivity contribution in [1.82, 2.24) is 4.72 Å². The number of aliphatic hydroxyl groups excluding tert-OH is 1. The average molecular weight is 301 g/mol. The minimum atomic E-state index is -3.59. The van der Waals surface area contributed by atoms with Gasteiger partial charge in [0.15, 0.2) is 0 Å². The van der Waals surface area contributed by atoms with Crippen LogP contribution in [0, 0.1) is 5.92 Å². The van der Waals surface area contributed by atoms with Gasteiger partial charge >= 0.3 is 0 Å². The number of methoxy groups -OCH3 is 1. The molecule has 2 N–H and O–H groups in total. The fourth-order valence-corrected chi connectivity index (χ4v) is 3.23. The smallest absolute Gasteiger partial charge is 0.240 e. The van der Waals surface area contributed by atoms with Gasteiger partial charge in [-0.15, -0.1) is 0 Å². The Balaban J connectivity index is 3.04. The summed E-state index contributed by atoms with van der Waals surface area (Å²) in [6.45, 7) is 5.60. The fourth-order valence-electron chi connectivity index (χ4n) is 1.83. The SMILES string of the molecule is CCC(C)C(C)NS(=O)(=O)c1ccc(OC)c(CO)c1. The van der Waals surface area contributed by atoms with Crippen LogP contribution in [0.2, 0.25) is 0 Å². The van der Waals surface area contributed by atoms with E-state index < -0.39 is 10.0 Å². The standard InChI is InChI=1S/C14H23NO4S/c1-5-10(2)11(3)15-20(17,18)13-6-7-14(19-4)12(8-13)9-16/h6-8,10-11,15-16H,5,9H2,1-4H3. The molecule has 0 saturated carbocycles. The quantitative estimate of drug-likeness (QED) is 0.806. The maximum absolute atomic E-state index is 12.3. The Kier molecular flexibility index (Phi) is 5.98. The molecular formula is C14H23NO4S. The second-order valence-corrected chi connectivity index (χ2v) is 6.64. The van der Waals surface area contributed by atoms with E-state index in [2.05, 4.69) is 4.72 Å². The lowest BCUT2D eigenvalue weighted by atomic mass is 10.0. The predicted molar refractivity (Wildman–Crippen MR) is 78.2 cm³/mol. The molecule has 0 radical (unpaired) electrons. The van der Waals surface area contributed by atoms with Crippen LogP contribution < -0.4 is 9.46 Å². The van der Waals surface area contributed by atoms with E-state index in [0.29, 0.717) is 11.3 Å². The molecule has 0 bridgehead atoms. The maximum atomic E-state index is 12.3. The predicted octanol–water partition coefficient (Wildman–Crippen LogP) is 1.90. The number of hydrogen-bond donors (Lipinski definition) is 2. The normalized spacial score (nSPS) is 14.8. The molecule has 0 aliphatic heterocycles. The Bertz CT molecular complexity index is 542.